The standard InChI is InChI=1S/C18H18N2O2/c1-20(13-18(21)22-2)12-14-7-9-15(10-8-14)17-6-4-3-5-16(17)11-19/h3-10H,12-13H2,1-2H3. The summed E-state index contributed by atoms with van der Waals surface area (Å²) < 4.78 is 4.65. The first kappa shape index (κ1) is 15.7. The Morgan fingerprint density at radius 2 is 1.86 bits per heavy atom. The van der Waals surface area contributed by atoms with Crippen molar-refractivity contribution in [3.05, 3.63) is 59.7 Å². The fourth-order valence-corrected chi connectivity index (χ4v) is 2.27. The Kier molecular flexibility index (Phi) is 5.29. The maximum atomic E-state index is 11.2. The molecular formula is C18H18N2O2. The highest BCUT2D eigenvalue weighted by atomic mass is 16.5. The Labute approximate surface area is 130 Å². The van der Waals surface area contributed by atoms with Crippen LogP contribution in [-0.2, 0) is 16.1 Å². The number of ether oxygens (including phenoxy) is 1. The molecule has 4 nitrogen and oxygen atoms in total. The Balaban J connectivity index is 2.11. The summed E-state index contributed by atoms with van der Waals surface area (Å²) in [5.74, 6) is -0.248. The van der Waals surface area contributed by atoms with E-state index in [0.29, 0.717) is 12.1 Å². The molecule has 22 heavy (non-hydrogen) atoms. The van der Waals surface area contributed by atoms with Gasteiger partial charge in [-0.05, 0) is 29.8 Å². The van der Waals surface area contributed by atoms with Crippen LogP contribution in [0.1, 0.15) is 11.1 Å². The van der Waals surface area contributed by atoms with Gasteiger partial charge in [-0.15, -0.1) is 0 Å². The molecular weight excluding hydrogens is 276 g/mol. The molecule has 0 fully saturated rings. The second-order valence-corrected chi connectivity index (χ2v) is 5.10. The Bertz CT molecular complexity index is 687. The van der Waals surface area contributed by atoms with Crippen molar-refractivity contribution >= 4 is 5.97 Å². The van der Waals surface area contributed by atoms with Gasteiger partial charge in [0, 0.05) is 6.54 Å². The van der Waals surface area contributed by atoms with E-state index in [-0.39, 0.29) is 12.5 Å². The Hall–Kier alpha value is -2.64. The van der Waals surface area contributed by atoms with E-state index in [9.17, 15) is 4.79 Å². The van der Waals surface area contributed by atoms with Crippen molar-refractivity contribution in [1.29, 1.82) is 5.26 Å². The summed E-state index contributed by atoms with van der Waals surface area (Å²) >= 11 is 0. The molecule has 0 amide bonds. The molecule has 0 heterocycles. The molecule has 4 heteroatoms. The largest absolute Gasteiger partial charge is 0.468 e. The molecule has 0 aliphatic heterocycles. The van der Waals surface area contributed by atoms with E-state index < -0.39 is 0 Å². The lowest BCUT2D eigenvalue weighted by atomic mass is 9.99. The van der Waals surface area contributed by atoms with E-state index in [0.717, 1.165) is 16.7 Å². The minimum absolute atomic E-state index is 0.248. The molecule has 0 saturated heterocycles. The van der Waals surface area contributed by atoms with Crippen LogP contribution in [0.4, 0.5) is 0 Å². The van der Waals surface area contributed by atoms with Gasteiger partial charge in [-0.1, -0.05) is 42.5 Å². The molecule has 2 aromatic carbocycles. The number of carbonyl (C=O) groups excluding carboxylic acids is 1. The first-order valence-electron chi connectivity index (χ1n) is 6.98. The zero-order valence-corrected chi connectivity index (χ0v) is 12.7. The van der Waals surface area contributed by atoms with Crippen LogP contribution < -0.4 is 0 Å². The average Bonchev–Trinajstić information content (AvgIpc) is 2.55. The predicted octanol–water partition coefficient (Wildman–Crippen LogP) is 2.83. The van der Waals surface area contributed by atoms with Gasteiger partial charge in [0.1, 0.15) is 0 Å². The Morgan fingerprint density at radius 3 is 2.50 bits per heavy atom. The number of nitrogens with zero attached hydrogens (tertiary/aromatic N) is 2. The lowest BCUT2D eigenvalue weighted by Gasteiger charge is -2.15. The van der Waals surface area contributed by atoms with E-state index in [1.54, 1.807) is 0 Å². The van der Waals surface area contributed by atoms with Crippen LogP contribution in [0.5, 0.6) is 0 Å². The maximum Gasteiger partial charge on any atom is 0.319 e. The van der Waals surface area contributed by atoms with Crippen molar-refractivity contribution in [2.75, 3.05) is 20.7 Å². The molecule has 112 valence electrons. The molecule has 0 saturated carbocycles. The average molecular weight is 294 g/mol. The number of carbonyl (C=O) groups is 1. The highest BCUT2D eigenvalue weighted by Crippen LogP contribution is 2.23. The van der Waals surface area contributed by atoms with Crippen molar-refractivity contribution in [2.24, 2.45) is 0 Å². The summed E-state index contributed by atoms with van der Waals surface area (Å²) in [7, 11) is 3.26. The molecule has 0 spiro atoms. The molecule has 0 aromatic heterocycles. The smallest absolute Gasteiger partial charge is 0.319 e. The van der Waals surface area contributed by atoms with Crippen molar-refractivity contribution < 1.29 is 9.53 Å². The van der Waals surface area contributed by atoms with Gasteiger partial charge < -0.3 is 4.74 Å². The van der Waals surface area contributed by atoms with Crippen LogP contribution in [-0.4, -0.2) is 31.6 Å². The maximum absolute atomic E-state index is 11.2. The van der Waals surface area contributed by atoms with Crippen LogP contribution in [0.2, 0.25) is 0 Å². The highest BCUT2D eigenvalue weighted by molar-refractivity contribution is 5.71. The Morgan fingerprint density at radius 1 is 1.18 bits per heavy atom. The van der Waals surface area contributed by atoms with Crippen LogP contribution >= 0.6 is 0 Å². The number of methoxy groups -OCH3 is 1. The van der Waals surface area contributed by atoms with Crippen LogP contribution in [0.15, 0.2) is 48.5 Å². The minimum atomic E-state index is -0.248. The number of hydrogen-bond acceptors (Lipinski definition) is 4. The molecule has 0 aliphatic carbocycles. The van der Waals surface area contributed by atoms with Crippen molar-refractivity contribution in [3.63, 3.8) is 0 Å². The van der Waals surface area contributed by atoms with Gasteiger partial charge in [0.2, 0.25) is 0 Å². The van der Waals surface area contributed by atoms with Crippen molar-refractivity contribution in [2.45, 2.75) is 6.54 Å². The second kappa shape index (κ2) is 7.39. The second-order valence-electron chi connectivity index (χ2n) is 5.10. The molecule has 0 atom stereocenters. The summed E-state index contributed by atoms with van der Waals surface area (Å²) in [6.45, 7) is 0.921. The third kappa shape index (κ3) is 3.94. The lowest BCUT2D eigenvalue weighted by molar-refractivity contribution is -0.141. The number of nitriles is 1. The van der Waals surface area contributed by atoms with Gasteiger partial charge in [-0.25, -0.2) is 0 Å². The topological polar surface area (TPSA) is 53.3 Å². The highest BCUT2D eigenvalue weighted by Gasteiger charge is 2.08. The zero-order valence-electron chi connectivity index (χ0n) is 12.7. The van der Waals surface area contributed by atoms with E-state index in [1.807, 2.05) is 60.5 Å². The van der Waals surface area contributed by atoms with E-state index >= 15 is 0 Å². The fourth-order valence-electron chi connectivity index (χ4n) is 2.27. The summed E-state index contributed by atoms with van der Waals surface area (Å²) in [4.78, 5) is 13.1. The van der Waals surface area contributed by atoms with E-state index in [2.05, 4.69) is 10.8 Å². The van der Waals surface area contributed by atoms with Gasteiger partial charge in [-0.2, -0.15) is 5.26 Å². The first-order chi connectivity index (χ1) is 10.6. The van der Waals surface area contributed by atoms with Gasteiger partial charge >= 0.3 is 5.97 Å². The number of rotatable bonds is 5. The fraction of sp³-hybridized carbons (Fsp3) is 0.222. The molecule has 0 aliphatic rings. The van der Waals surface area contributed by atoms with Crippen LogP contribution in [0, 0.1) is 11.3 Å². The quantitative estimate of drug-likeness (QED) is 0.796. The monoisotopic (exact) mass is 294 g/mol. The lowest BCUT2D eigenvalue weighted by Crippen LogP contribution is -2.26. The molecule has 0 N–H and O–H groups in total. The van der Waals surface area contributed by atoms with E-state index in [1.165, 1.54) is 7.11 Å². The zero-order chi connectivity index (χ0) is 15.9. The molecule has 0 unspecified atom stereocenters. The number of likely N-dealkylation sites (N-methyl/N-ethyl adjacent to an activating group) is 1. The van der Waals surface area contributed by atoms with Crippen LogP contribution in [0.25, 0.3) is 11.1 Å². The summed E-state index contributed by atoms with van der Waals surface area (Å²) in [5.41, 5.74) is 3.71. The van der Waals surface area contributed by atoms with Gasteiger partial charge in [0.15, 0.2) is 0 Å². The van der Waals surface area contributed by atoms with Crippen molar-refractivity contribution in [1.82, 2.24) is 4.90 Å². The predicted molar refractivity (Wildman–Crippen MR) is 84.9 cm³/mol. The minimum Gasteiger partial charge on any atom is -0.468 e. The van der Waals surface area contributed by atoms with E-state index in [4.69, 9.17) is 5.26 Å². The third-order valence-electron chi connectivity index (χ3n) is 3.39. The third-order valence-corrected chi connectivity index (χ3v) is 3.39. The first-order valence-corrected chi connectivity index (χ1v) is 6.98. The summed E-state index contributed by atoms with van der Waals surface area (Å²) in [6, 6.07) is 17.8. The number of esters is 1. The summed E-state index contributed by atoms with van der Waals surface area (Å²) in [5, 5.41) is 9.16. The number of benzene rings is 2. The van der Waals surface area contributed by atoms with Gasteiger partial charge in [0.05, 0.1) is 25.3 Å². The van der Waals surface area contributed by atoms with Gasteiger partial charge in [-0.3, -0.25) is 9.69 Å². The number of hydrogen-bond donors (Lipinski definition) is 0. The SMILES string of the molecule is COC(=O)CN(C)Cc1ccc(-c2ccccc2C#N)cc1. The van der Waals surface area contributed by atoms with Crippen molar-refractivity contribution in [3.8, 4) is 17.2 Å². The van der Waals surface area contributed by atoms with Crippen LogP contribution in [0.3, 0.4) is 0 Å². The normalized spacial score (nSPS) is 10.3. The molecule has 0 radical (unpaired) electrons. The summed E-state index contributed by atoms with van der Waals surface area (Å²) in [6.07, 6.45) is 0. The molecule has 2 aromatic rings. The molecule has 2 rings (SSSR count). The molecule has 0 bridgehead atoms. The van der Waals surface area contributed by atoms with Gasteiger partial charge in [0.25, 0.3) is 0 Å².